The number of hydrogen-bond donors (Lipinski definition) is 3. The molecular formula is C29H30ClN7O3. The Balaban J connectivity index is 1.34. The van der Waals surface area contributed by atoms with Gasteiger partial charge in [-0.2, -0.15) is 5.10 Å². The van der Waals surface area contributed by atoms with Crippen molar-refractivity contribution in [1.82, 2.24) is 30.0 Å². The zero-order valence-electron chi connectivity index (χ0n) is 22.6. The number of halogens is 1. The first-order chi connectivity index (χ1) is 19.1. The van der Waals surface area contributed by atoms with E-state index in [0.29, 0.717) is 34.3 Å². The van der Waals surface area contributed by atoms with Gasteiger partial charge in [-0.3, -0.25) is 14.3 Å². The molecule has 0 radical (unpaired) electrons. The molecule has 2 amide bonds. The van der Waals surface area contributed by atoms with Crippen LogP contribution in [-0.2, 0) is 18.4 Å². The SMILES string of the molecule is Cc1cccc([C@@H](CO)NC(=O)[C@@H](C)N2Cc3ccc(-c4nc(Nc5cn(C)nc5C)ncc4Cl)cc3C2=O)c1. The first kappa shape index (κ1) is 27.3. The maximum Gasteiger partial charge on any atom is 0.255 e. The van der Waals surface area contributed by atoms with E-state index in [1.54, 1.807) is 17.7 Å². The number of aliphatic hydroxyl groups is 1. The third-order valence-corrected chi connectivity index (χ3v) is 7.29. The molecule has 2 aromatic heterocycles. The highest BCUT2D eigenvalue weighted by Gasteiger charge is 2.35. The molecule has 0 unspecified atom stereocenters. The zero-order chi connectivity index (χ0) is 28.6. The molecule has 0 saturated heterocycles. The van der Waals surface area contributed by atoms with Gasteiger partial charge in [0.05, 0.1) is 40.9 Å². The van der Waals surface area contributed by atoms with Crippen LogP contribution in [0.5, 0.6) is 0 Å². The maximum atomic E-state index is 13.4. The van der Waals surface area contributed by atoms with Crippen LogP contribution in [0.1, 0.15) is 45.7 Å². The average Bonchev–Trinajstić information content (AvgIpc) is 3.44. The van der Waals surface area contributed by atoms with Crippen LogP contribution in [0.4, 0.5) is 11.6 Å². The molecule has 2 aromatic carbocycles. The molecule has 10 nitrogen and oxygen atoms in total. The van der Waals surface area contributed by atoms with Crippen LogP contribution >= 0.6 is 11.6 Å². The van der Waals surface area contributed by atoms with E-state index < -0.39 is 12.1 Å². The zero-order valence-corrected chi connectivity index (χ0v) is 23.4. The fourth-order valence-electron chi connectivity index (χ4n) is 4.81. The summed E-state index contributed by atoms with van der Waals surface area (Å²) in [5.74, 6) is -0.256. The predicted octanol–water partition coefficient (Wildman–Crippen LogP) is 4.09. The summed E-state index contributed by atoms with van der Waals surface area (Å²) < 4.78 is 1.69. The highest BCUT2D eigenvalue weighted by atomic mass is 35.5. The second-order valence-corrected chi connectivity index (χ2v) is 10.4. The Morgan fingerprint density at radius 2 is 2.00 bits per heavy atom. The minimum absolute atomic E-state index is 0.254. The van der Waals surface area contributed by atoms with Crippen LogP contribution in [0.15, 0.2) is 54.9 Å². The first-order valence-electron chi connectivity index (χ1n) is 12.9. The van der Waals surface area contributed by atoms with E-state index in [-0.39, 0.29) is 18.4 Å². The lowest BCUT2D eigenvalue weighted by Crippen LogP contribution is -2.46. The third-order valence-electron chi connectivity index (χ3n) is 7.01. The molecule has 5 rings (SSSR count). The van der Waals surface area contributed by atoms with Crippen LogP contribution in [0.3, 0.4) is 0 Å². The van der Waals surface area contributed by atoms with E-state index in [1.165, 1.54) is 11.1 Å². The quantitative estimate of drug-likeness (QED) is 0.297. The van der Waals surface area contributed by atoms with Gasteiger partial charge in [0.25, 0.3) is 5.91 Å². The molecule has 0 aliphatic carbocycles. The molecule has 0 fully saturated rings. The average molecular weight is 560 g/mol. The molecule has 1 aliphatic heterocycles. The number of aromatic nitrogens is 4. The summed E-state index contributed by atoms with van der Waals surface area (Å²) in [5, 5.41) is 20.6. The third kappa shape index (κ3) is 5.41. The van der Waals surface area contributed by atoms with Gasteiger partial charge < -0.3 is 20.6 Å². The van der Waals surface area contributed by atoms with E-state index in [4.69, 9.17) is 11.6 Å². The Bertz CT molecular complexity index is 1600. The molecule has 0 bridgehead atoms. The lowest BCUT2D eigenvalue weighted by Gasteiger charge is -2.26. The summed E-state index contributed by atoms with van der Waals surface area (Å²) in [6.07, 6.45) is 3.34. The molecule has 0 spiro atoms. The van der Waals surface area contributed by atoms with E-state index in [1.807, 2.05) is 63.5 Å². The van der Waals surface area contributed by atoms with Gasteiger partial charge in [-0.25, -0.2) is 9.97 Å². The molecule has 1 aliphatic rings. The second-order valence-electron chi connectivity index (χ2n) is 9.96. The smallest absolute Gasteiger partial charge is 0.255 e. The number of nitrogens with one attached hydrogen (secondary N) is 2. The molecule has 206 valence electrons. The lowest BCUT2D eigenvalue weighted by molar-refractivity contribution is -0.126. The topological polar surface area (TPSA) is 125 Å². The van der Waals surface area contributed by atoms with Crippen LogP contribution in [0, 0.1) is 13.8 Å². The lowest BCUT2D eigenvalue weighted by atomic mass is 10.0. The fourth-order valence-corrected chi connectivity index (χ4v) is 5.01. The highest BCUT2D eigenvalue weighted by Crippen LogP contribution is 2.33. The number of benzene rings is 2. The van der Waals surface area contributed by atoms with Crippen molar-refractivity contribution in [2.75, 3.05) is 11.9 Å². The maximum absolute atomic E-state index is 13.4. The molecule has 40 heavy (non-hydrogen) atoms. The van der Waals surface area contributed by atoms with Crippen molar-refractivity contribution < 1.29 is 14.7 Å². The minimum atomic E-state index is -0.747. The first-order valence-corrected chi connectivity index (χ1v) is 13.2. The number of fused-ring (bicyclic) bond motifs is 1. The number of nitrogens with zero attached hydrogens (tertiary/aromatic N) is 5. The van der Waals surface area contributed by atoms with E-state index in [0.717, 1.165) is 28.1 Å². The number of aryl methyl sites for hydroxylation is 3. The van der Waals surface area contributed by atoms with Gasteiger partial charge in [0, 0.05) is 30.9 Å². The van der Waals surface area contributed by atoms with E-state index in [9.17, 15) is 14.7 Å². The van der Waals surface area contributed by atoms with Crippen molar-refractivity contribution in [2.24, 2.45) is 7.05 Å². The molecule has 2 atom stereocenters. The van der Waals surface area contributed by atoms with Crippen LogP contribution < -0.4 is 10.6 Å². The van der Waals surface area contributed by atoms with Gasteiger partial charge in [0.1, 0.15) is 6.04 Å². The van der Waals surface area contributed by atoms with Gasteiger partial charge in [-0.1, -0.05) is 53.6 Å². The van der Waals surface area contributed by atoms with Gasteiger partial charge in [-0.05, 0) is 38.0 Å². The number of carbonyl (C=O) groups excluding carboxylic acids is 2. The summed E-state index contributed by atoms with van der Waals surface area (Å²) in [4.78, 5) is 37.0. The standard InChI is InChI=1S/C29H30ClN7O3/c1-16-6-5-7-19(10-16)25(15-38)32-27(39)18(3)37-13-21-9-8-20(11-22(21)28(37)40)26-23(30)12-31-29(34-26)33-24-14-36(4)35-17(24)2/h5-12,14,18,25,38H,13,15H2,1-4H3,(H,32,39)(H,31,33,34)/t18-,25-/m1/s1. The summed E-state index contributed by atoms with van der Waals surface area (Å²) >= 11 is 6.46. The summed E-state index contributed by atoms with van der Waals surface area (Å²) in [6.45, 7) is 5.55. The number of carbonyl (C=O) groups is 2. The van der Waals surface area contributed by atoms with Crippen molar-refractivity contribution in [1.29, 1.82) is 0 Å². The fraction of sp³-hybridized carbons (Fsp3) is 0.276. The number of amides is 2. The van der Waals surface area contributed by atoms with Gasteiger partial charge in [0.15, 0.2) is 0 Å². The molecular weight excluding hydrogens is 530 g/mol. The number of anilines is 2. The summed E-state index contributed by atoms with van der Waals surface area (Å²) in [5.41, 5.74) is 5.83. The Hall–Kier alpha value is -4.28. The second kappa shape index (κ2) is 11.1. The Kier molecular flexibility index (Phi) is 7.55. The van der Waals surface area contributed by atoms with Crippen molar-refractivity contribution in [2.45, 2.75) is 39.4 Å². The van der Waals surface area contributed by atoms with Crippen LogP contribution in [0.2, 0.25) is 5.02 Å². The van der Waals surface area contributed by atoms with Gasteiger partial charge >= 0.3 is 0 Å². The molecule has 4 aromatic rings. The molecule has 0 saturated carbocycles. The van der Waals surface area contributed by atoms with Crippen LogP contribution in [-0.4, -0.2) is 54.2 Å². The molecule has 3 N–H and O–H groups in total. The van der Waals surface area contributed by atoms with Crippen molar-refractivity contribution >= 4 is 35.1 Å². The molecule has 11 heteroatoms. The Morgan fingerprint density at radius 3 is 2.70 bits per heavy atom. The number of aliphatic hydroxyl groups excluding tert-OH is 1. The monoisotopic (exact) mass is 559 g/mol. The predicted molar refractivity (Wildman–Crippen MR) is 152 cm³/mol. The molecule has 3 heterocycles. The Morgan fingerprint density at radius 1 is 1.20 bits per heavy atom. The summed E-state index contributed by atoms with van der Waals surface area (Å²) in [6, 6.07) is 11.7. The number of hydrogen-bond acceptors (Lipinski definition) is 7. The van der Waals surface area contributed by atoms with Crippen molar-refractivity contribution in [3.05, 3.63) is 87.8 Å². The normalized spacial score (nSPS) is 14.2. The van der Waals surface area contributed by atoms with Crippen molar-refractivity contribution in [3.8, 4) is 11.3 Å². The van der Waals surface area contributed by atoms with Crippen LogP contribution in [0.25, 0.3) is 11.3 Å². The van der Waals surface area contributed by atoms with Gasteiger partial charge in [-0.15, -0.1) is 0 Å². The Labute approximate surface area is 237 Å². The minimum Gasteiger partial charge on any atom is -0.394 e. The van der Waals surface area contributed by atoms with E-state index >= 15 is 0 Å². The van der Waals surface area contributed by atoms with Crippen molar-refractivity contribution in [3.63, 3.8) is 0 Å². The van der Waals surface area contributed by atoms with E-state index in [2.05, 4.69) is 25.7 Å². The number of rotatable bonds is 8. The van der Waals surface area contributed by atoms with Gasteiger partial charge in [0.2, 0.25) is 11.9 Å². The largest absolute Gasteiger partial charge is 0.394 e. The highest BCUT2D eigenvalue weighted by molar-refractivity contribution is 6.33. The summed E-state index contributed by atoms with van der Waals surface area (Å²) in [7, 11) is 1.83.